The molecule has 3 fully saturated rings. The first kappa shape index (κ1) is 13.9. The number of piperidine rings is 1. The molecule has 0 aromatic heterocycles. The first-order valence-electron chi connectivity index (χ1n) is 8.55. The van der Waals surface area contributed by atoms with Crippen molar-refractivity contribution in [2.24, 2.45) is 5.41 Å². The number of rotatable bonds is 1. The molecule has 0 radical (unpaired) electrons. The first-order chi connectivity index (χ1) is 9.05. The Balaban J connectivity index is 1.61. The summed E-state index contributed by atoms with van der Waals surface area (Å²) in [5.41, 5.74) is 0.604. The van der Waals surface area contributed by atoms with Gasteiger partial charge in [0.05, 0.1) is 0 Å². The molecule has 2 nitrogen and oxygen atoms in total. The summed E-state index contributed by atoms with van der Waals surface area (Å²) in [4.78, 5) is 5.65. The molecule has 3 aliphatic rings. The Kier molecular flexibility index (Phi) is 3.92. The Morgan fingerprint density at radius 2 is 1.63 bits per heavy atom. The van der Waals surface area contributed by atoms with Gasteiger partial charge in [-0.3, -0.25) is 9.80 Å². The van der Waals surface area contributed by atoms with Crippen LogP contribution >= 0.6 is 0 Å². The maximum atomic E-state index is 2.88. The van der Waals surface area contributed by atoms with Gasteiger partial charge in [0.2, 0.25) is 0 Å². The number of piperazine rings is 1. The topological polar surface area (TPSA) is 6.48 Å². The van der Waals surface area contributed by atoms with E-state index in [1.165, 1.54) is 64.6 Å². The summed E-state index contributed by atoms with van der Waals surface area (Å²) in [7, 11) is 0. The van der Waals surface area contributed by atoms with E-state index in [0.717, 1.165) is 18.1 Å². The zero-order valence-electron chi connectivity index (χ0n) is 13.2. The molecule has 0 amide bonds. The van der Waals surface area contributed by atoms with Crippen LogP contribution in [0.1, 0.15) is 65.7 Å². The van der Waals surface area contributed by atoms with Crippen molar-refractivity contribution in [3.8, 4) is 0 Å². The van der Waals surface area contributed by atoms with Crippen molar-refractivity contribution in [2.75, 3.05) is 19.6 Å². The van der Waals surface area contributed by atoms with Crippen molar-refractivity contribution in [1.82, 2.24) is 9.80 Å². The van der Waals surface area contributed by atoms with Crippen molar-refractivity contribution in [3.05, 3.63) is 0 Å². The maximum Gasteiger partial charge on any atom is 0.0224 e. The molecule has 2 heteroatoms. The average Bonchev–Trinajstić information content (AvgIpc) is 2.38. The van der Waals surface area contributed by atoms with Gasteiger partial charge < -0.3 is 0 Å². The van der Waals surface area contributed by atoms with E-state index in [1.54, 1.807) is 0 Å². The van der Waals surface area contributed by atoms with E-state index in [-0.39, 0.29) is 0 Å². The fraction of sp³-hybridized carbons (Fsp3) is 1.00. The van der Waals surface area contributed by atoms with E-state index in [1.807, 2.05) is 0 Å². The lowest BCUT2D eigenvalue weighted by Crippen LogP contribution is -2.61. The molecule has 1 saturated carbocycles. The van der Waals surface area contributed by atoms with Crippen molar-refractivity contribution in [2.45, 2.75) is 83.8 Å². The monoisotopic (exact) mass is 264 g/mol. The van der Waals surface area contributed by atoms with Gasteiger partial charge in [0.25, 0.3) is 0 Å². The van der Waals surface area contributed by atoms with E-state index in [0.29, 0.717) is 5.41 Å². The van der Waals surface area contributed by atoms with Gasteiger partial charge in [0.15, 0.2) is 0 Å². The Labute approximate surface area is 119 Å². The number of nitrogens with zero attached hydrogens (tertiary/aromatic N) is 2. The molecule has 3 rings (SSSR count). The fourth-order valence-electron chi connectivity index (χ4n) is 4.60. The largest absolute Gasteiger partial charge is 0.298 e. The highest BCUT2D eigenvalue weighted by Crippen LogP contribution is 2.38. The molecule has 0 N–H and O–H groups in total. The van der Waals surface area contributed by atoms with E-state index >= 15 is 0 Å². The summed E-state index contributed by atoms with van der Waals surface area (Å²) in [6.07, 6.45) is 10.1. The zero-order chi connectivity index (χ0) is 13.5. The Morgan fingerprint density at radius 3 is 2.37 bits per heavy atom. The molecule has 2 heterocycles. The molecule has 2 unspecified atom stereocenters. The van der Waals surface area contributed by atoms with E-state index < -0.39 is 0 Å². The van der Waals surface area contributed by atoms with Crippen LogP contribution in [0.3, 0.4) is 0 Å². The summed E-state index contributed by atoms with van der Waals surface area (Å²) in [6, 6.07) is 2.53. The van der Waals surface area contributed by atoms with Crippen molar-refractivity contribution < 1.29 is 0 Å². The lowest BCUT2D eigenvalue weighted by molar-refractivity contribution is -0.0240. The van der Waals surface area contributed by atoms with Gasteiger partial charge in [-0.25, -0.2) is 0 Å². The second-order valence-electron chi connectivity index (χ2n) is 8.09. The SMILES string of the molecule is CC1CN2CCCCC2CN1C1CCC(C)(C)CC1. The molecule has 19 heavy (non-hydrogen) atoms. The van der Waals surface area contributed by atoms with E-state index in [2.05, 4.69) is 30.6 Å². The van der Waals surface area contributed by atoms with Gasteiger partial charge in [0.1, 0.15) is 0 Å². The standard InChI is InChI=1S/C17H32N2/c1-14-12-18-11-5-4-6-16(18)13-19(14)15-7-9-17(2,3)10-8-15/h14-16H,4-13H2,1-3H3. The highest BCUT2D eigenvalue weighted by molar-refractivity contribution is 4.94. The number of hydrogen-bond donors (Lipinski definition) is 0. The molecule has 2 aliphatic heterocycles. The van der Waals surface area contributed by atoms with Crippen LogP contribution in [0.2, 0.25) is 0 Å². The molecule has 0 spiro atoms. The summed E-state index contributed by atoms with van der Waals surface area (Å²) >= 11 is 0. The molecular weight excluding hydrogens is 232 g/mol. The molecule has 2 atom stereocenters. The normalized spacial score (nSPS) is 38.1. The molecule has 1 aliphatic carbocycles. The van der Waals surface area contributed by atoms with E-state index in [4.69, 9.17) is 0 Å². The minimum absolute atomic E-state index is 0.604. The maximum absolute atomic E-state index is 2.88. The third-order valence-electron chi connectivity index (χ3n) is 6.01. The predicted octanol–water partition coefficient (Wildman–Crippen LogP) is 3.51. The third kappa shape index (κ3) is 3.00. The van der Waals surface area contributed by atoms with Crippen molar-refractivity contribution in [1.29, 1.82) is 0 Å². The second-order valence-corrected chi connectivity index (χ2v) is 8.09. The van der Waals surface area contributed by atoms with Crippen LogP contribution in [-0.4, -0.2) is 47.6 Å². The molecular formula is C17H32N2. The van der Waals surface area contributed by atoms with Gasteiger partial charge >= 0.3 is 0 Å². The summed E-state index contributed by atoms with van der Waals surface area (Å²) in [5, 5.41) is 0. The van der Waals surface area contributed by atoms with Gasteiger partial charge in [-0.1, -0.05) is 20.3 Å². The van der Waals surface area contributed by atoms with Crippen LogP contribution in [-0.2, 0) is 0 Å². The summed E-state index contributed by atoms with van der Waals surface area (Å²) in [5.74, 6) is 0. The van der Waals surface area contributed by atoms with Crippen LogP contribution in [0.15, 0.2) is 0 Å². The summed E-state index contributed by atoms with van der Waals surface area (Å²) in [6.45, 7) is 11.4. The quantitative estimate of drug-likeness (QED) is 0.715. The van der Waals surface area contributed by atoms with Crippen molar-refractivity contribution in [3.63, 3.8) is 0 Å². The first-order valence-corrected chi connectivity index (χ1v) is 8.55. The molecule has 0 bridgehead atoms. The zero-order valence-corrected chi connectivity index (χ0v) is 13.2. The molecule has 2 saturated heterocycles. The average molecular weight is 264 g/mol. The van der Waals surface area contributed by atoms with Gasteiger partial charge in [0, 0.05) is 31.2 Å². The molecule has 110 valence electrons. The minimum atomic E-state index is 0.604. The Bertz CT molecular complexity index is 302. The van der Waals surface area contributed by atoms with Gasteiger partial charge in [-0.2, -0.15) is 0 Å². The highest BCUT2D eigenvalue weighted by atomic mass is 15.3. The minimum Gasteiger partial charge on any atom is -0.298 e. The van der Waals surface area contributed by atoms with Crippen LogP contribution in [0.4, 0.5) is 0 Å². The Morgan fingerprint density at radius 1 is 0.895 bits per heavy atom. The van der Waals surface area contributed by atoms with Gasteiger partial charge in [-0.05, 0) is 57.4 Å². The predicted molar refractivity (Wildman–Crippen MR) is 81.4 cm³/mol. The van der Waals surface area contributed by atoms with Crippen molar-refractivity contribution >= 4 is 0 Å². The molecule has 0 aromatic carbocycles. The third-order valence-corrected chi connectivity index (χ3v) is 6.01. The van der Waals surface area contributed by atoms with Crippen LogP contribution in [0, 0.1) is 5.41 Å². The lowest BCUT2D eigenvalue weighted by atomic mass is 9.74. The van der Waals surface area contributed by atoms with Crippen LogP contribution < -0.4 is 0 Å². The number of hydrogen-bond acceptors (Lipinski definition) is 2. The van der Waals surface area contributed by atoms with Gasteiger partial charge in [-0.15, -0.1) is 0 Å². The van der Waals surface area contributed by atoms with E-state index in [9.17, 15) is 0 Å². The van der Waals surface area contributed by atoms with Crippen LogP contribution in [0.5, 0.6) is 0 Å². The number of fused-ring (bicyclic) bond motifs is 1. The fourth-order valence-corrected chi connectivity index (χ4v) is 4.60. The highest BCUT2D eigenvalue weighted by Gasteiger charge is 2.38. The smallest absolute Gasteiger partial charge is 0.0224 e. The Hall–Kier alpha value is -0.0800. The molecule has 0 aromatic rings. The van der Waals surface area contributed by atoms with Crippen LogP contribution in [0.25, 0.3) is 0 Å². The summed E-state index contributed by atoms with van der Waals surface area (Å²) < 4.78 is 0. The lowest BCUT2D eigenvalue weighted by Gasteiger charge is -2.51. The second kappa shape index (κ2) is 5.37.